The van der Waals surface area contributed by atoms with Crippen LogP contribution in [0, 0.1) is 0 Å². The van der Waals surface area contributed by atoms with E-state index < -0.39 is 0 Å². The topological polar surface area (TPSA) is 3.24 Å². The number of rotatable bonds is 0. The molecule has 0 amide bonds. The van der Waals surface area contributed by atoms with Crippen molar-refractivity contribution >= 4 is 12.6 Å². The van der Waals surface area contributed by atoms with Crippen molar-refractivity contribution in [3.63, 3.8) is 0 Å². The van der Waals surface area contributed by atoms with Crippen LogP contribution in [-0.2, 0) is 0 Å². The molecular formula is C7H11NS. The molecule has 0 aliphatic carbocycles. The highest BCUT2D eigenvalue weighted by Crippen LogP contribution is 2.60. The zero-order chi connectivity index (χ0) is 6.06. The van der Waals surface area contributed by atoms with E-state index in [0.29, 0.717) is 4.87 Å². The quantitative estimate of drug-likeness (QED) is 0.497. The Labute approximate surface area is 60.8 Å². The van der Waals surface area contributed by atoms with Gasteiger partial charge in [0.2, 0.25) is 0 Å². The van der Waals surface area contributed by atoms with Gasteiger partial charge in [0.15, 0.2) is 0 Å². The first-order valence-electron chi connectivity index (χ1n) is 3.80. The summed E-state index contributed by atoms with van der Waals surface area (Å²) in [5.74, 6) is 0. The van der Waals surface area contributed by atoms with E-state index in [1.807, 2.05) is 0 Å². The van der Waals surface area contributed by atoms with Crippen molar-refractivity contribution in [3.05, 3.63) is 0 Å². The highest BCUT2D eigenvalue weighted by atomic mass is 32.1. The van der Waals surface area contributed by atoms with Gasteiger partial charge in [-0.1, -0.05) is 0 Å². The van der Waals surface area contributed by atoms with Gasteiger partial charge in [0.05, 0.1) is 4.87 Å². The van der Waals surface area contributed by atoms with E-state index >= 15 is 0 Å². The molecule has 0 N–H and O–H groups in total. The highest BCUT2D eigenvalue weighted by Gasteiger charge is 2.63. The summed E-state index contributed by atoms with van der Waals surface area (Å²) in [7, 11) is 0. The van der Waals surface area contributed by atoms with Gasteiger partial charge >= 0.3 is 0 Å². The summed E-state index contributed by atoms with van der Waals surface area (Å²) in [5, 5.41) is 0. The molecule has 3 fully saturated rings. The lowest BCUT2D eigenvalue weighted by Gasteiger charge is -2.64. The molecule has 0 aromatic heterocycles. The molecule has 0 aromatic carbocycles. The lowest BCUT2D eigenvalue weighted by atomic mass is 9.81. The Bertz CT molecular complexity index is 154. The van der Waals surface area contributed by atoms with E-state index in [2.05, 4.69) is 17.5 Å². The largest absolute Gasteiger partial charge is 0.283 e. The normalized spacial score (nSPS) is 62.3. The zero-order valence-corrected chi connectivity index (χ0v) is 6.27. The Kier molecular flexibility index (Phi) is 0.665. The van der Waals surface area contributed by atoms with Crippen LogP contribution < -0.4 is 0 Å². The summed E-state index contributed by atoms with van der Waals surface area (Å²) in [4.78, 5) is 3.00. The monoisotopic (exact) mass is 141 g/mol. The van der Waals surface area contributed by atoms with E-state index in [9.17, 15) is 0 Å². The molecule has 3 saturated heterocycles. The van der Waals surface area contributed by atoms with Gasteiger partial charge in [-0.15, -0.1) is 0 Å². The summed E-state index contributed by atoms with van der Waals surface area (Å²) < 4.78 is 0. The molecular weight excluding hydrogens is 130 g/mol. The second kappa shape index (κ2) is 1.19. The molecule has 0 unspecified atom stereocenters. The van der Waals surface area contributed by atoms with Crippen LogP contribution in [0.15, 0.2) is 0 Å². The maximum atomic E-state index is 4.61. The summed E-state index contributed by atoms with van der Waals surface area (Å²) in [6.07, 6.45) is 5.64. The fraction of sp³-hybridized carbons (Fsp3) is 1.00. The Morgan fingerprint density at radius 3 is 2.11 bits per heavy atom. The second-order valence-electron chi connectivity index (χ2n) is 3.68. The third-order valence-electron chi connectivity index (χ3n) is 3.23. The smallest absolute Gasteiger partial charge is 0.0675 e. The van der Waals surface area contributed by atoms with E-state index in [1.54, 1.807) is 0 Å². The Balaban J connectivity index is 1.97. The van der Waals surface area contributed by atoms with E-state index in [0.717, 1.165) is 12.1 Å². The molecule has 0 saturated carbocycles. The fourth-order valence-electron chi connectivity index (χ4n) is 2.87. The van der Waals surface area contributed by atoms with E-state index in [1.165, 1.54) is 25.7 Å². The molecule has 3 atom stereocenters. The minimum atomic E-state index is 0.395. The van der Waals surface area contributed by atoms with Gasteiger partial charge < -0.3 is 0 Å². The Morgan fingerprint density at radius 2 is 1.78 bits per heavy atom. The molecule has 0 aromatic rings. The zero-order valence-electron chi connectivity index (χ0n) is 5.38. The van der Waals surface area contributed by atoms with Gasteiger partial charge in [0, 0.05) is 12.1 Å². The molecule has 3 aliphatic rings. The molecule has 3 rings (SSSR count). The lowest BCUT2D eigenvalue weighted by molar-refractivity contribution is -0.0997. The van der Waals surface area contributed by atoms with E-state index in [4.69, 9.17) is 0 Å². The summed E-state index contributed by atoms with van der Waals surface area (Å²) in [6.45, 7) is 0. The predicted molar refractivity (Wildman–Crippen MR) is 39.6 cm³/mol. The van der Waals surface area contributed by atoms with Gasteiger partial charge in [0.25, 0.3) is 0 Å². The Hall–Kier alpha value is 0.310. The molecule has 9 heavy (non-hydrogen) atoms. The van der Waals surface area contributed by atoms with Crippen LogP contribution in [0.4, 0.5) is 0 Å². The van der Waals surface area contributed by atoms with Gasteiger partial charge in [-0.2, -0.15) is 12.6 Å². The van der Waals surface area contributed by atoms with Crippen LogP contribution in [0.3, 0.4) is 0 Å². The van der Waals surface area contributed by atoms with Gasteiger partial charge in [-0.25, -0.2) is 0 Å². The van der Waals surface area contributed by atoms with Crippen LogP contribution in [0.5, 0.6) is 0 Å². The maximum Gasteiger partial charge on any atom is 0.0675 e. The lowest BCUT2D eigenvalue weighted by Crippen LogP contribution is -2.72. The number of hydrogen-bond acceptors (Lipinski definition) is 2. The molecule has 0 bridgehead atoms. The molecule has 0 spiro atoms. The molecule has 2 heteroatoms. The van der Waals surface area contributed by atoms with E-state index in [-0.39, 0.29) is 0 Å². The van der Waals surface area contributed by atoms with Crippen molar-refractivity contribution in [1.82, 2.24) is 4.90 Å². The standard InChI is InChI=1S/C7H11NS/c9-7-3-5-1-2-6(4-7)8(5)7/h5-6,9H,1-4H2/t5-,6+,7+. The molecule has 1 nitrogen and oxygen atoms in total. The van der Waals surface area contributed by atoms with Gasteiger partial charge in [0.1, 0.15) is 0 Å². The minimum Gasteiger partial charge on any atom is -0.283 e. The maximum absolute atomic E-state index is 4.61. The summed E-state index contributed by atoms with van der Waals surface area (Å²) >= 11 is 4.61. The van der Waals surface area contributed by atoms with Gasteiger partial charge in [-0.05, 0) is 25.7 Å². The van der Waals surface area contributed by atoms with Crippen molar-refractivity contribution in [2.75, 3.05) is 0 Å². The third kappa shape index (κ3) is 0.385. The summed E-state index contributed by atoms with van der Waals surface area (Å²) in [5.41, 5.74) is 0. The second-order valence-corrected chi connectivity index (χ2v) is 4.52. The van der Waals surface area contributed by atoms with Crippen molar-refractivity contribution < 1.29 is 0 Å². The highest BCUT2D eigenvalue weighted by molar-refractivity contribution is 7.81. The Morgan fingerprint density at radius 1 is 1.22 bits per heavy atom. The first kappa shape index (κ1) is 5.03. The molecule has 50 valence electrons. The molecule has 3 heterocycles. The van der Waals surface area contributed by atoms with Crippen LogP contribution in [0.25, 0.3) is 0 Å². The molecule has 0 radical (unpaired) electrons. The third-order valence-corrected chi connectivity index (χ3v) is 3.82. The molecule has 3 aliphatic heterocycles. The van der Waals surface area contributed by atoms with Crippen molar-refractivity contribution in [1.29, 1.82) is 0 Å². The first-order chi connectivity index (χ1) is 4.30. The SMILES string of the molecule is S[C@@]12C[C@H]3CC[C@@H](C1)N32. The van der Waals surface area contributed by atoms with Gasteiger partial charge in [-0.3, -0.25) is 4.90 Å². The van der Waals surface area contributed by atoms with Crippen LogP contribution in [0.2, 0.25) is 0 Å². The average molecular weight is 141 g/mol. The van der Waals surface area contributed by atoms with Crippen LogP contribution >= 0.6 is 12.6 Å². The fourth-order valence-corrected chi connectivity index (χ4v) is 3.61. The number of thiol groups is 1. The number of hydrogen-bond donors (Lipinski definition) is 1. The van der Waals surface area contributed by atoms with Crippen molar-refractivity contribution in [2.24, 2.45) is 0 Å². The average Bonchev–Trinajstić information content (AvgIpc) is 1.90. The van der Waals surface area contributed by atoms with Crippen molar-refractivity contribution in [2.45, 2.75) is 42.6 Å². The first-order valence-corrected chi connectivity index (χ1v) is 4.25. The van der Waals surface area contributed by atoms with Crippen LogP contribution in [0.1, 0.15) is 25.7 Å². The predicted octanol–water partition coefficient (Wildman–Crippen LogP) is 1.25. The number of nitrogens with zero attached hydrogens (tertiary/aromatic N) is 1. The number of piperidine rings is 1. The summed E-state index contributed by atoms with van der Waals surface area (Å²) in [6, 6.07) is 1.89. The van der Waals surface area contributed by atoms with Crippen LogP contribution in [-0.4, -0.2) is 21.9 Å². The minimum absolute atomic E-state index is 0.395. The van der Waals surface area contributed by atoms with Crippen molar-refractivity contribution in [3.8, 4) is 0 Å².